The first-order chi connectivity index (χ1) is 12.0. The van der Waals surface area contributed by atoms with Crippen molar-refractivity contribution in [3.05, 3.63) is 23.9 Å². The van der Waals surface area contributed by atoms with Gasteiger partial charge in [-0.1, -0.05) is 6.92 Å². The van der Waals surface area contributed by atoms with E-state index in [2.05, 4.69) is 22.1 Å². The standard InChI is InChI=1S/C17H26N4O3S/c1-2-20-7-3-4-15(13-20)19-16-6-5-14(12-18-16)17(22)21-8-10-25(23,24)11-9-21/h5-6,12,15H,2-4,7-11,13H2,1H3,(H,18,19). The Morgan fingerprint density at radius 2 is 2.04 bits per heavy atom. The minimum absolute atomic E-state index is 0.0431. The number of pyridine rings is 1. The molecule has 1 N–H and O–H groups in total. The molecule has 3 heterocycles. The van der Waals surface area contributed by atoms with Gasteiger partial charge >= 0.3 is 0 Å². The van der Waals surface area contributed by atoms with Crippen molar-refractivity contribution in [2.75, 3.05) is 49.5 Å². The molecule has 25 heavy (non-hydrogen) atoms. The molecule has 0 aromatic carbocycles. The molecule has 0 spiro atoms. The molecular weight excluding hydrogens is 340 g/mol. The van der Waals surface area contributed by atoms with Gasteiger partial charge in [0.1, 0.15) is 5.82 Å². The van der Waals surface area contributed by atoms with Gasteiger partial charge in [-0.05, 0) is 38.1 Å². The second-order valence-electron chi connectivity index (χ2n) is 6.75. The summed E-state index contributed by atoms with van der Waals surface area (Å²) in [7, 11) is -2.98. The normalized spacial score (nSPS) is 24.0. The summed E-state index contributed by atoms with van der Waals surface area (Å²) in [6.07, 6.45) is 3.88. The number of carbonyl (C=O) groups is 1. The number of nitrogens with one attached hydrogen (secondary N) is 1. The number of rotatable bonds is 4. The lowest BCUT2D eigenvalue weighted by Crippen LogP contribution is -2.43. The highest BCUT2D eigenvalue weighted by atomic mass is 32.2. The van der Waals surface area contributed by atoms with E-state index in [1.807, 2.05) is 6.07 Å². The quantitative estimate of drug-likeness (QED) is 0.851. The van der Waals surface area contributed by atoms with Crippen LogP contribution in [0.3, 0.4) is 0 Å². The SMILES string of the molecule is CCN1CCCC(Nc2ccc(C(=O)N3CCS(=O)(=O)CC3)cn2)C1. The van der Waals surface area contributed by atoms with Crippen LogP contribution < -0.4 is 5.32 Å². The van der Waals surface area contributed by atoms with Gasteiger partial charge in [-0.15, -0.1) is 0 Å². The van der Waals surface area contributed by atoms with Crippen LogP contribution in [0.5, 0.6) is 0 Å². The first-order valence-corrected chi connectivity index (χ1v) is 10.7. The third-order valence-electron chi connectivity index (χ3n) is 4.95. The van der Waals surface area contributed by atoms with E-state index >= 15 is 0 Å². The zero-order valence-electron chi connectivity index (χ0n) is 14.6. The Balaban J connectivity index is 1.57. The number of likely N-dealkylation sites (tertiary alicyclic amines) is 1. The molecule has 1 atom stereocenters. The topological polar surface area (TPSA) is 82.6 Å². The van der Waals surface area contributed by atoms with Crippen LogP contribution in [-0.2, 0) is 9.84 Å². The number of amides is 1. The summed E-state index contributed by atoms with van der Waals surface area (Å²) in [5.74, 6) is 0.715. The van der Waals surface area contributed by atoms with E-state index < -0.39 is 9.84 Å². The fourth-order valence-corrected chi connectivity index (χ4v) is 4.57. The number of hydrogen-bond acceptors (Lipinski definition) is 6. The van der Waals surface area contributed by atoms with Crippen LogP contribution in [0.25, 0.3) is 0 Å². The zero-order valence-corrected chi connectivity index (χ0v) is 15.5. The van der Waals surface area contributed by atoms with Crippen molar-refractivity contribution in [3.8, 4) is 0 Å². The minimum Gasteiger partial charge on any atom is -0.366 e. The molecule has 0 saturated carbocycles. The van der Waals surface area contributed by atoms with E-state index in [-0.39, 0.29) is 30.5 Å². The van der Waals surface area contributed by atoms with Gasteiger partial charge in [0.15, 0.2) is 9.84 Å². The molecule has 0 radical (unpaired) electrons. The van der Waals surface area contributed by atoms with Crippen LogP contribution >= 0.6 is 0 Å². The molecule has 2 aliphatic rings. The molecule has 2 aliphatic heterocycles. The van der Waals surface area contributed by atoms with Crippen molar-refractivity contribution in [1.29, 1.82) is 0 Å². The largest absolute Gasteiger partial charge is 0.366 e. The van der Waals surface area contributed by atoms with E-state index in [9.17, 15) is 13.2 Å². The summed E-state index contributed by atoms with van der Waals surface area (Å²) in [6.45, 7) is 5.92. The Bertz CT molecular complexity index is 691. The molecule has 0 bridgehead atoms. The molecule has 2 fully saturated rings. The number of likely N-dealkylation sites (N-methyl/N-ethyl adjacent to an activating group) is 1. The maximum absolute atomic E-state index is 12.5. The van der Waals surface area contributed by atoms with Crippen molar-refractivity contribution in [3.63, 3.8) is 0 Å². The zero-order chi connectivity index (χ0) is 17.9. The monoisotopic (exact) mass is 366 g/mol. The Morgan fingerprint density at radius 1 is 1.28 bits per heavy atom. The molecule has 8 heteroatoms. The average Bonchev–Trinajstić information content (AvgIpc) is 2.62. The maximum atomic E-state index is 12.5. The molecular formula is C17H26N4O3S. The lowest BCUT2D eigenvalue weighted by atomic mass is 10.1. The number of nitrogens with zero attached hydrogens (tertiary/aromatic N) is 3. The fourth-order valence-electron chi connectivity index (χ4n) is 3.37. The van der Waals surface area contributed by atoms with Gasteiger partial charge in [0.25, 0.3) is 5.91 Å². The molecule has 2 saturated heterocycles. The van der Waals surface area contributed by atoms with Gasteiger partial charge < -0.3 is 15.1 Å². The molecule has 1 aromatic rings. The van der Waals surface area contributed by atoms with Gasteiger partial charge in [0.05, 0.1) is 17.1 Å². The summed E-state index contributed by atoms with van der Waals surface area (Å²) in [6, 6.07) is 3.98. The van der Waals surface area contributed by atoms with Crippen LogP contribution in [0, 0.1) is 0 Å². The van der Waals surface area contributed by atoms with Crippen molar-refractivity contribution in [1.82, 2.24) is 14.8 Å². The predicted molar refractivity (Wildman–Crippen MR) is 97.6 cm³/mol. The number of carbonyl (C=O) groups excluding carboxylic acids is 1. The van der Waals surface area contributed by atoms with Crippen LogP contribution in [0.15, 0.2) is 18.3 Å². The number of aromatic nitrogens is 1. The van der Waals surface area contributed by atoms with Crippen LogP contribution in [0.2, 0.25) is 0 Å². The van der Waals surface area contributed by atoms with Crippen LogP contribution in [0.4, 0.5) is 5.82 Å². The van der Waals surface area contributed by atoms with Crippen molar-refractivity contribution >= 4 is 21.6 Å². The van der Waals surface area contributed by atoms with E-state index in [4.69, 9.17) is 0 Å². The third kappa shape index (κ3) is 4.70. The Kier molecular flexibility index (Phi) is 5.58. The molecule has 3 rings (SSSR count). The lowest BCUT2D eigenvalue weighted by Gasteiger charge is -2.32. The molecule has 1 amide bonds. The average molecular weight is 366 g/mol. The second kappa shape index (κ2) is 7.70. The smallest absolute Gasteiger partial charge is 0.255 e. The summed E-state index contributed by atoms with van der Waals surface area (Å²) >= 11 is 0. The Labute approximate surface area is 149 Å². The molecule has 138 valence electrons. The number of piperidine rings is 1. The summed E-state index contributed by atoms with van der Waals surface area (Å²) in [4.78, 5) is 20.8. The van der Waals surface area contributed by atoms with E-state index in [1.165, 1.54) is 6.42 Å². The van der Waals surface area contributed by atoms with E-state index in [0.717, 1.165) is 31.9 Å². The summed E-state index contributed by atoms with van der Waals surface area (Å²) in [5.41, 5.74) is 0.503. The van der Waals surface area contributed by atoms with Gasteiger partial charge in [0.2, 0.25) is 0 Å². The third-order valence-corrected chi connectivity index (χ3v) is 6.56. The maximum Gasteiger partial charge on any atom is 0.255 e. The van der Waals surface area contributed by atoms with Crippen molar-refractivity contribution in [2.24, 2.45) is 0 Å². The Morgan fingerprint density at radius 3 is 2.68 bits per heavy atom. The van der Waals surface area contributed by atoms with E-state index in [1.54, 1.807) is 17.2 Å². The molecule has 0 aliphatic carbocycles. The molecule has 7 nitrogen and oxygen atoms in total. The number of anilines is 1. The highest BCUT2D eigenvalue weighted by Crippen LogP contribution is 2.16. The van der Waals surface area contributed by atoms with Gasteiger partial charge in [0, 0.05) is 31.9 Å². The van der Waals surface area contributed by atoms with Gasteiger partial charge in [-0.2, -0.15) is 0 Å². The van der Waals surface area contributed by atoms with Crippen molar-refractivity contribution in [2.45, 2.75) is 25.8 Å². The van der Waals surface area contributed by atoms with Crippen LogP contribution in [-0.4, -0.2) is 79.4 Å². The minimum atomic E-state index is -2.98. The van der Waals surface area contributed by atoms with Crippen molar-refractivity contribution < 1.29 is 13.2 Å². The second-order valence-corrected chi connectivity index (χ2v) is 9.06. The predicted octanol–water partition coefficient (Wildman–Crippen LogP) is 0.848. The number of sulfone groups is 1. The first kappa shape index (κ1) is 18.1. The van der Waals surface area contributed by atoms with Gasteiger partial charge in [-0.3, -0.25) is 4.79 Å². The van der Waals surface area contributed by atoms with Gasteiger partial charge in [-0.25, -0.2) is 13.4 Å². The highest BCUT2D eigenvalue weighted by molar-refractivity contribution is 7.91. The first-order valence-electron chi connectivity index (χ1n) is 8.91. The van der Waals surface area contributed by atoms with E-state index in [0.29, 0.717) is 11.6 Å². The Hall–Kier alpha value is -1.67. The lowest BCUT2D eigenvalue weighted by molar-refractivity contribution is 0.0770. The summed E-state index contributed by atoms with van der Waals surface area (Å²) in [5, 5.41) is 3.44. The van der Waals surface area contributed by atoms with Crippen LogP contribution in [0.1, 0.15) is 30.1 Å². The summed E-state index contributed by atoms with van der Waals surface area (Å²) < 4.78 is 22.9. The highest BCUT2D eigenvalue weighted by Gasteiger charge is 2.26. The number of hydrogen-bond donors (Lipinski definition) is 1. The molecule has 1 aromatic heterocycles. The fraction of sp³-hybridized carbons (Fsp3) is 0.647. The molecule has 1 unspecified atom stereocenters.